The smallest absolute Gasteiger partial charge is 0.226 e. The van der Waals surface area contributed by atoms with Gasteiger partial charge in [-0.3, -0.25) is 4.68 Å². The summed E-state index contributed by atoms with van der Waals surface area (Å²) in [5.41, 5.74) is 4.39. The van der Waals surface area contributed by atoms with Gasteiger partial charge in [-0.2, -0.15) is 15.1 Å². The molecule has 0 radical (unpaired) electrons. The van der Waals surface area contributed by atoms with Gasteiger partial charge in [-0.15, -0.1) is 0 Å². The molecular weight excluding hydrogens is 502 g/mol. The highest BCUT2D eigenvalue weighted by atomic mass is 35.5. The second-order valence-electron chi connectivity index (χ2n) is 9.77. The summed E-state index contributed by atoms with van der Waals surface area (Å²) in [5.74, 6) is 0.594. The molecule has 0 spiro atoms. The van der Waals surface area contributed by atoms with Crippen LogP contribution in [0.3, 0.4) is 0 Å². The molecule has 1 saturated carbocycles. The number of nitrogens with zero attached hydrogens (tertiary/aromatic N) is 6. The number of anilines is 1. The van der Waals surface area contributed by atoms with Crippen LogP contribution in [0.25, 0.3) is 11.2 Å². The number of aryl methyl sites for hydroxylation is 1. The minimum atomic E-state index is -1.02. The molecular formula is C28H28ClN7O2. The van der Waals surface area contributed by atoms with E-state index in [1.165, 1.54) is 11.1 Å². The van der Waals surface area contributed by atoms with E-state index in [9.17, 15) is 10.2 Å². The third kappa shape index (κ3) is 4.53. The number of hydrogen-bond donors (Lipinski definition) is 3. The zero-order valence-electron chi connectivity index (χ0n) is 20.8. The van der Waals surface area contributed by atoms with Crippen LogP contribution in [0.1, 0.15) is 41.1 Å². The lowest BCUT2D eigenvalue weighted by atomic mass is 9.91. The van der Waals surface area contributed by atoms with Crippen molar-refractivity contribution >= 4 is 28.6 Å². The van der Waals surface area contributed by atoms with Crippen molar-refractivity contribution < 1.29 is 10.2 Å². The molecule has 1 aliphatic rings. The topological polar surface area (TPSA) is 114 Å². The Morgan fingerprint density at radius 3 is 2.26 bits per heavy atom. The normalized spacial score (nSPS) is 21.4. The maximum Gasteiger partial charge on any atom is 0.226 e. The van der Waals surface area contributed by atoms with E-state index in [0.29, 0.717) is 29.9 Å². The van der Waals surface area contributed by atoms with E-state index >= 15 is 0 Å². The molecule has 3 aromatic heterocycles. The number of halogens is 1. The van der Waals surface area contributed by atoms with Crippen LogP contribution in [0.4, 0.5) is 5.82 Å². The van der Waals surface area contributed by atoms with E-state index in [1.807, 2.05) is 49.5 Å². The molecule has 38 heavy (non-hydrogen) atoms. The second kappa shape index (κ2) is 10.2. The lowest BCUT2D eigenvalue weighted by molar-refractivity contribution is 0.00722. The van der Waals surface area contributed by atoms with Crippen LogP contribution >= 0.6 is 11.6 Å². The van der Waals surface area contributed by atoms with Crippen molar-refractivity contribution in [1.29, 1.82) is 0 Å². The van der Waals surface area contributed by atoms with E-state index in [-0.39, 0.29) is 17.2 Å². The molecule has 4 atom stereocenters. The summed E-state index contributed by atoms with van der Waals surface area (Å²) < 4.78 is 3.49. The van der Waals surface area contributed by atoms with Crippen molar-refractivity contribution in [2.45, 2.75) is 43.6 Å². The van der Waals surface area contributed by atoms with Crippen molar-refractivity contribution in [1.82, 2.24) is 29.3 Å². The highest BCUT2D eigenvalue weighted by Gasteiger charge is 2.44. The summed E-state index contributed by atoms with van der Waals surface area (Å²) in [6.07, 6.45) is 3.69. The summed E-state index contributed by atoms with van der Waals surface area (Å²) >= 11 is 6.37. The van der Waals surface area contributed by atoms with E-state index in [4.69, 9.17) is 11.6 Å². The Balaban J connectivity index is 1.30. The number of rotatable bonds is 7. The highest BCUT2D eigenvalue weighted by molar-refractivity contribution is 6.28. The van der Waals surface area contributed by atoms with Gasteiger partial charge in [0.05, 0.1) is 24.6 Å². The largest absolute Gasteiger partial charge is 0.388 e. The number of nitrogens with one attached hydrogen (secondary N) is 1. The SMILES string of the molecule is Cc1cnn(C2C[C@@H](n3cnc4c(NCC(c5ccccc5)c5ccccc5)nc(Cl)nc43)[C@H](O)[C@@H]2O)c1. The van der Waals surface area contributed by atoms with Gasteiger partial charge in [0.2, 0.25) is 5.28 Å². The number of aromatic nitrogens is 6. The summed E-state index contributed by atoms with van der Waals surface area (Å²) in [7, 11) is 0. The molecule has 1 fully saturated rings. The first-order valence-electron chi connectivity index (χ1n) is 12.6. The van der Waals surface area contributed by atoms with E-state index in [2.05, 4.69) is 49.6 Å². The van der Waals surface area contributed by atoms with Crippen molar-refractivity contribution in [3.63, 3.8) is 0 Å². The summed E-state index contributed by atoms with van der Waals surface area (Å²) in [4.78, 5) is 13.5. The number of aliphatic hydroxyl groups is 2. The molecule has 9 nitrogen and oxygen atoms in total. The van der Waals surface area contributed by atoms with Gasteiger partial charge in [-0.1, -0.05) is 60.7 Å². The Morgan fingerprint density at radius 1 is 0.974 bits per heavy atom. The third-order valence-electron chi connectivity index (χ3n) is 7.32. The van der Waals surface area contributed by atoms with Crippen molar-refractivity contribution in [3.8, 4) is 0 Å². The Morgan fingerprint density at radius 2 is 1.63 bits per heavy atom. The predicted molar refractivity (Wildman–Crippen MR) is 145 cm³/mol. The molecule has 1 unspecified atom stereocenters. The van der Waals surface area contributed by atoms with Crippen molar-refractivity contribution in [3.05, 3.63) is 101 Å². The average molecular weight is 530 g/mol. The average Bonchev–Trinajstić information content (AvgIpc) is 3.63. The van der Waals surface area contributed by atoms with Gasteiger partial charge in [-0.05, 0) is 41.6 Å². The molecule has 10 heteroatoms. The second-order valence-corrected chi connectivity index (χ2v) is 10.1. The molecule has 0 aliphatic heterocycles. The Kier molecular flexibility index (Phi) is 6.57. The number of imidazole rings is 1. The summed E-state index contributed by atoms with van der Waals surface area (Å²) in [5, 5.41) is 29.6. The van der Waals surface area contributed by atoms with E-state index < -0.39 is 18.2 Å². The van der Waals surface area contributed by atoms with Gasteiger partial charge in [-0.25, -0.2) is 4.98 Å². The van der Waals surface area contributed by atoms with Gasteiger partial charge in [0.1, 0.15) is 12.2 Å². The number of benzene rings is 2. The molecule has 6 rings (SSSR count). The van der Waals surface area contributed by atoms with Crippen LogP contribution < -0.4 is 5.32 Å². The molecule has 0 bridgehead atoms. The van der Waals surface area contributed by atoms with Gasteiger partial charge < -0.3 is 20.1 Å². The van der Waals surface area contributed by atoms with Crippen molar-refractivity contribution in [2.24, 2.45) is 0 Å². The van der Waals surface area contributed by atoms with Crippen LogP contribution in [-0.4, -0.2) is 58.3 Å². The number of hydrogen-bond acceptors (Lipinski definition) is 7. The highest BCUT2D eigenvalue weighted by Crippen LogP contribution is 2.40. The summed E-state index contributed by atoms with van der Waals surface area (Å²) in [6.45, 7) is 2.50. The fraction of sp³-hybridized carbons (Fsp3) is 0.286. The molecule has 3 heterocycles. The molecule has 5 aromatic rings. The van der Waals surface area contributed by atoms with Crippen molar-refractivity contribution in [2.75, 3.05) is 11.9 Å². The fourth-order valence-electron chi connectivity index (χ4n) is 5.39. The Labute approximate surface area is 224 Å². The molecule has 0 amide bonds. The third-order valence-corrected chi connectivity index (χ3v) is 7.49. The number of aliphatic hydroxyl groups excluding tert-OH is 2. The van der Waals surface area contributed by atoms with Crippen LogP contribution in [-0.2, 0) is 0 Å². The van der Waals surface area contributed by atoms with Gasteiger partial charge in [0.25, 0.3) is 0 Å². The minimum absolute atomic E-state index is 0.0741. The van der Waals surface area contributed by atoms with Gasteiger partial charge >= 0.3 is 0 Å². The van der Waals surface area contributed by atoms with E-state index in [1.54, 1.807) is 21.8 Å². The van der Waals surface area contributed by atoms with Gasteiger partial charge in [0.15, 0.2) is 17.0 Å². The quantitative estimate of drug-likeness (QED) is 0.271. The molecule has 2 aromatic carbocycles. The fourth-order valence-corrected chi connectivity index (χ4v) is 5.56. The first-order chi connectivity index (χ1) is 18.5. The molecule has 3 N–H and O–H groups in total. The number of fused-ring (bicyclic) bond motifs is 1. The molecule has 194 valence electrons. The van der Waals surface area contributed by atoms with E-state index in [0.717, 1.165) is 5.56 Å². The maximum absolute atomic E-state index is 11.0. The molecule has 1 aliphatic carbocycles. The Hall–Kier alpha value is -3.79. The van der Waals surface area contributed by atoms with Crippen LogP contribution in [0.2, 0.25) is 5.28 Å². The molecule has 0 saturated heterocycles. The maximum atomic E-state index is 11.0. The lowest BCUT2D eigenvalue weighted by Gasteiger charge is -2.20. The first kappa shape index (κ1) is 24.5. The first-order valence-corrected chi connectivity index (χ1v) is 13.0. The zero-order valence-corrected chi connectivity index (χ0v) is 21.5. The van der Waals surface area contributed by atoms with Crippen LogP contribution in [0, 0.1) is 6.92 Å². The van der Waals surface area contributed by atoms with Gasteiger partial charge in [0, 0.05) is 18.7 Å². The monoisotopic (exact) mass is 529 g/mol. The predicted octanol–water partition coefficient (Wildman–Crippen LogP) is 4.14. The van der Waals surface area contributed by atoms with Crippen LogP contribution in [0.5, 0.6) is 0 Å². The van der Waals surface area contributed by atoms with Crippen LogP contribution in [0.15, 0.2) is 79.4 Å². The zero-order chi connectivity index (χ0) is 26.2. The minimum Gasteiger partial charge on any atom is -0.388 e. The Bertz CT molecular complexity index is 1500. The lowest BCUT2D eigenvalue weighted by Crippen LogP contribution is -2.30. The standard InChI is InChI=1S/C28H28ClN7O2/c1-17-13-32-36(15-17)22-12-21(24(37)25(22)38)35-16-31-23-26(33-28(29)34-27(23)35)30-14-20(18-8-4-2-5-9-18)19-10-6-3-7-11-19/h2-11,13,15-16,20-22,24-25,37-38H,12,14H2,1H3,(H,30,33,34)/t21-,22?,24+,25-/m1/s1. The summed E-state index contributed by atoms with van der Waals surface area (Å²) in [6, 6.07) is 19.8.